The van der Waals surface area contributed by atoms with E-state index in [2.05, 4.69) is 9.98 Å². The van der Waals surface area contributed by atoms with Gasteiger partial charge in [-0.15, -0.1) is 0 Å². The van der Waals surface area contributed by atoms with E-state index in [1.165, 1.54) is 7.11 Å². The highest BCUT2D eigenvalue weighted by atomic mass is 35.5. The largest absolute Gasteiger partial charge is 0.494 e. The van der Waals surface area contributed by atoms with Gasteiger partial charge >= 0.3 is 11.7 Å². The number of carbonyl (C=O) groups is 1. The molecule has 1 atom stereocenters. The molecule has 0 aliphatic rings. The molecular weight excluding hydrogens is 402 g/mol. The van der Waals surface area contributed by atoms with E-state index in [0.29, 0.717) is 18.1 Å². The molecule has 0 saturated carbocycles. The van der Waals surface area contributed by atoms with Gasteiger partial charge in [-0.2, -0.15) is 0 Å². The van der Waals surface area contributed by atoms with E-state index in [1.54, 1.807) is 24.3 Å². The lowest BCUT2D eigenvalue weighted by Gasteiger charge is -2.13. The first-order chi connectivity index (χ1) is 13.8. The van der Waals surface area contributed by atoms with Crippen LogP contribution in [0.3, 0.4) is 0 Å². The van der Waals surface area contributed by atoms with Crippen LogP contribution < -0.4 is 11.2 Å². The number of hydrogen-bond donors (Lipinski definition) is 3. The van der Waals surface area contributed by atoms with E-state index in [1.807, 2.05) is 0 Å². The van der Waals surface area contributed by atoms with Crippen molar-refractivity contribution in [3.63, 3.8) is 0 Å². The zero-order valence-electron chi connectivity index (χ0n) is 15.8. The minimum atomic E-state index is -0.993. The summed E-state index contributed by atoms with van der Waals surface area (Å²) in [5, 5.41) is 20.0. The lowest BCUT2D eigenvalue weighted by molar-refractivity contribution is -0.137. The summed E-state index contributed by atoms with van der Waals surface area (Å²) in [7, 11) is 1.52. The highest BCUT2D eigenvalue weighted by molar-refractivity contribution is 6.30. The van der Waals surface area contributed by atoms with Crippen LogP contribution >= 0.6 is 11.6 Å². The first-order valence-electron chi connectivity index (χ1n) is 8.85. The average molecular weight is 424 g/mol. The van der Waals surface area contributed by atoms with Crippen molar-refractivity contribution in [2.24, 2.45) is 4.99 Å². The molecule has 0 fully saturated rings. The molecule has 0 spiro atoms. The van der Waals surface area contributed by atoms with Gasteiger partial charge in [0.1, 0.15) is 5.56 Å². The molecule has 0 bridgehead atoms. The number of aromatic nitrogens is 2. The molecule has 9 nitrogen and oxygen atoms in total. The molecule has 0 aliphatic heterocycles. The minimum absolute atomic E-state index is 0.0651. The number of aromatic amines is 1. The summed E-state index contributed by atoms with van der Waals surface area (Å²) in [6.45, 7) is 0.602. The van der Waals surface area contributed by atoms with Gasteiger partial charge < -0.3 is 14.9 Å². The number of aliphatic carboxylic acids is 1. The van der Waals surface area contributed by atoms with E-state index in [-0.39, 0.29) is 25.1 Å². The highest BCUT2D eigenvalue weighted by Crippen LogP contribution is 2.22. The SMILES string of the molecule is COCCCn1c(O)c(C=NCC(CC(=O)O)c2ccc(Cl)cc2)c(=O)[nH]c1=O. The molecule has 0 radical (unpaired) electrons. The molecule has 0 saturated heterocycles. The summed E-state index contributed by atoms with van der Waals surface area (Å²) in [5.41, 5.74) is -0.949. The fourth-order valence-corrected chi connectivity index (χ4v) is 2.90. The molecule has 156 valence electrons. The Morgan fingerprint density at radius 2 is 2.03 bits per heavy atom. The molecular formula is C19H22ClN3O6. The summed E-state index contributed by atoms with van der Waals surface area (Å²) in [4.78, 5) is 41.4. The van der Waals surface area contributed by atoms with Crippen molar-refractivity contribution < 1.29 is 19.7 Å². The van der Waals surface area contributed by atoms with Crippen LogP contribution in [-0.4, -0.2) is 52.2 Å². The summed E-state index contributed by atoms with van der Waals surface area (Å²) in [6.07, 6.45) is 1.44. The third-order valence-corrected chi connectivity index (χ3v) is 4.50. The van der Waals surface area contributed by atoms with Gasteiger partial charge in [0.2, 0.25) is 5.88 Å². The number of rotatable bonds is 10. The number of carboxylic acid groups (broad SMARTS) is 1. The van der Waals surface area contributed by atoms with Gasteiger partial charge in [-0.3, -0.25) is 24.1 Å². The number of hydrogen-bond acceptors (Lipinski definition) is 6. The molecule has 0 aliphatic carbocycles. The molecule has 29 heavy (non-hydrogen) atoms. The number of aromatic hydroxyl groups is 1. The number of methoxy groups -OCH3 is 1. The summed E-state index contributed by atoms with van der Waals surface area (Å²) in [5.74, 6) is -1.94. The van der Waals surface area contributed by atoms with Crippen LogP contribution in [0.4, 0.5) is 0 Å². The molecule has 1 aromatic heterocycles. The first-order valence-corrected chi connectivity index (χ1v) is 9.23. The van der Waals surface area contributed by atoms with Crippen molar-refractivity contribution in [1.29, 1.82) is 0 Å². The van der Waals surface area contributed by atoms with Gasteiger partial charge in [0.25, 0.3) is 5.56 Å². The smallest absolute Gasteiger partial charge is 0.331 e. The zero-order chi connectivity index (χ0) is 21.4. The lowest BCUT2D eigenvalue weighted by Crippen LogP contribution is -2.32. The third-order valence-electron chi connectivity index (χ3n) is 4.25. The Kier molecular flexibility index (Phi) is 8.17. The van der Waals surface area contributed by atoms with Crippen molar-refractivity contribution >= 4 is 23.8 Å². The third kappa shape index (κ3) is 6.30. The molecule has 10 heteroatoms. The Hall–Kier alpha value is -2.91. The van der Waals surface area contributed by atoms with Gasteiger partial charge in [-0.05, 0) is 24.1 Å². The van der Waals surface area contributed by atoms with Crippen molar-refractivity contribution in [3.05, 3.63) is 61.3 Å². The maximum Gasteiger partial charge on any atom is 0.331 e. The number of benzene rings is 1. The number of nitrogens with zero attached hydrogens (tertiary/aromatic N) is 2. The number of ether oxygens (including phenoxy) is 1. The van der Waals surface area contributed by atoms with Gasteiger partial charge in [0.15, 0.2) is 0 Å². The van der Waals surface area contributed by atoms with Gasteiger partial charge in [-0.25, -0.2) is 4.79 Å². The normalized spacial score (nSPS) is 12.3. The summed E-state index contributed by atoms with van der Waals surface area (Å²) in [6, 6.07) is 6.74. The van der Waals surface area contributed by atoms with Crippen LogP contribution in [0.25, 0.3) is 0 Å². The number of halogens is 1. The topological polar surface area (TPSA) is 134 Å². The van der Waals surface area contributed by atoms with Crippen LogP contribution in [0.15, 0.2) is 38.8 Å². The lowest BCUT2D eigenvalue weighted by atomic mass is 9.96. The second kappa shape index (κ2) is 10.6. The average Bonchev–Trinajstić information content (AvgIpc) is 2.66. The fraction of sp³-hybridized carbons (Fsp3) is 0.368. The first kappa shape index (κ1) is 22.4. The highest BCUT2D eigenvalue weighted by Gasteiger charge is 2.16. The van der Waals surface area contributed by atoms with Gasteiger partial charge in [-0.1, -0.05) is 23.7 Å². The standard InChI is InChI=1S/C19H22ClN3O6/c1-29-8-2-7-23-18(27)15(17(26)22-19(23)28)11-21-10-13(9-16(24)25)12-3-5-14(20)6-4-12/h3-6,11,13,27H,2,7-10H2,1H3,(H,24,25)(H,22,26,28). The maximum absolute atomic E-state index is 12.1. The van der Waals surface area contributed by atoms with Gasteiger partial charge in [0, 0.05) is 44.0 Å². The maximum atomic E-state index is 12.1. The molecule has 0 amide bonds. The van der Waals surface area contributed by atoms with Crippen LogP contribution in [0.1, 0.15) is 29.9 Å². The molecule has 3 N–H and O–H groups in total. The number of aliphatic imine (C=N–C) groups is 1. The van der Waals surface area contributed by atoms with Crippen molar-refractivity contribution in [2.75, 3.05) is 20.3 Å². The molecule has 2 rings (SSSR count). The number of carboxylic acids is 1. The monoisotopic (exact) mass is 423 g/mol. The summed E-state index contributed by atoms with van der Waals surface area (Å²) < 4.78 is 5.94. The fourth-order valence-electron chi connectivity index (χ4n) is 2.77. The Balaban J connectivity index is 2.25. The Morgan fingerprint density at radius 1 is 1.34 bits per heavy atom. The van der Waals surface area contributed by atoms with Gasteiger partial charge in [0.05, 0.1) is 6.42 Å². The molecule has 1 unspecified atom stereocenters. The number of nitrogens with one attached hydrogen (secondary N) is 1. The summed E-state index contributed by atoms with van der Waals surface area (Å²) >= 11 is 5.87. The van der Waals surface area contributed by atoms with E-state index < -0.39 is 29.0 Å². The molecule has 1 aromatic carbocycles. The predicted molar refractivity (Wildman–Crippen MR) is 108 cm³/mol. The van der Waals surface area contributed by atoms with E-state index in [9.17, 15) is 19.5 Å². The molecule has 2 aromatic rings. The van der Waals surface area contributed by atoms with Crippen LogP contribution in [-0.2, 0) is 16.1 Å². The van der Waals surface area contributed by atoms with E-state index in [4.69, 9.17) is 21.4 Å². The second-order valence-electron chi connectivity index (χ2n) is 6.34. The predicted octanol–water partition coefficient (Wildman–Crippen LogP) is 1.61. The Labute approximate surface area is 171 Å². The van der Waals surface area contributed by atoms with Crippen LogP contribution in [0.5, 0.6) is 5.88 Å². The molecule has 1 heterocycles. The quantitative estimate of drug-likeness (QED) is 0.392. The zero-order valence-corrected chi connectivity index (χ0v) is 16.6. The Morgan fingerprint density at radius 3 is 2.66 bits per heavy atom. The van der Waals surface area contributed by atoms with Crippen molar-refractivity contribution in [1.82, 2.24) is 9.55 Å². The van der Waals surface area contributed by atoms with Crippen LogP contribution in [0.2, 0.25) is 5.02 Å². The number of H-pyrrole nitrogens is 1. The minimum Gasteiger partial charge on any atom is -0.494 e. The van der Waals surface area contributed by atoms with E-state index >= 15 is 0 Å². The Bertz CT molecular complexity index is 981. The van der Waals surface area contributed by atoms with Crippen LogP contribution in [0, 0.1) is 0 Å². The van der Waals surface area contributed by atoms with Crippen molar-refractivity contribution in [3.8, 4) is 5.88 Å². The van der Waals surface area contributed by atoms with Crippen molar-refractivity contribution in [2.45, 2.75) is 25.3 Å². The second-order valence-corrected chi connectivity index (χ2v) is 6.77. The van der Waals surface area contributed by atoms with E-state index in [0.717, 1.165) is 16.3 Å².